The first-order valence-corrected chi connectivity index (χ1v) is 16.5. The third-order valence-corrected chi connectivity index (χ3v) is 7.72. The first-order valence-electron chi connectivity index (χ1n) is 16.5. The molecule has 1 saturated carbocycles. The van der Waals surface area contributed by atoms with E-state index in [0.29, 0.717) is 12.2 Å². The van der Waals surface area contributed by atoms with Gasteiger partial charge in [0.1, 0.15) is 11.8 Å². The van der Waals surface area contributed by atoms with Gasteiger partial charge in [0.25, 0.3) is 5.91 Å². The van der Waals surface area contributed by atoms with Crippen LogP contribution in [0.25, 0.3) is 0 Å². The van der Waals surface area contributed by atoms with Gasteiger partial charge in [0.05, 0.1) is 0 Å². The molecule has 12 heteroatoms. The second-order valence-electron chi connectivity index (χ2n) is 11.8. The molecule has 3 atom stereocenters. The minimum Gasteiger partial charge on any atom is -0.361 e. The zero-order chi connectivity index (χ0) is 33.8. The average Bonchev–Trinajstić information content (AvgIpc) is 3.81. The number of hydrogen-bond acceptors (Lipinski definition) is 7. The molecular weight excluding hydrogens is 576 g/mol. The summed E-state index contributed by atoms with van der Waals surface area (Å²) in [6, 6.07) is 1.47. The molecule has 3 heterocycles. The Morgan fingerprint density at radius 1 is 1.07 bits per heavy atom. The molecule has 2 saturated heterocycles. The van der Waals surface area contributed by atoms with Gasteiger partial charge in [0.15, 0.2) is 5.69 Å². The largest absolute Gasteiger partial charge is 0.361 e. The Labute approximate surface area is 268 Å². The lowest BCUT2D eigenvalue weighted by atomic mass is 9.83. The maximum absolute atomic E-state index is 12.9. The van der Waals surface area contributed by atoms with Crippen molar-refractivity contribution in [3.8, 4) is 0 Å². The van der Waals surface area contributed by atoms with Gasteiger partial charge in [-0.1, -0.05) is 44.8 Å². The van der Waals surface area contributed by atoms with Crippen molar-refractivity contribution in [3.63, 3.8) is 0 Å². The molecule has 3 fully saturated rings. The zero-order valence-corrected chi connectivity index (χ0v) is 28.2. The minimum absolute atomic E-state index is 0.0722. The lowest BCUT2D eigenvalue weighted by Crippen LogP contribution is -2.52. The Bertz CT molecular complexity index is 1060. The van der Waals surface area contributed by atoms with Gasteiger partial charge in [-0.05, 0) is 78.2 Å². The van der Waals surface area contributed by atoms with Crippen LogP contribution in [-0.2, 0) is 19.2 Å². The highest BCUT2D eigenvalue weighted by molar-refractivity contribution is 5.96. The van der Waals surface area contributed by atoms with E-state index in [1.54, 1.807) is 13.0 Å². The molecule has 3 unspecified atom stereocenters. The maximum atomic E-state index is 12.9. The Morgan fingerprint density at radius 2 is 1.71 bits per heavy atom. The van der Waals surface area contributed by atoms with Gasteiger partial charge in [-0.15, -0.1) is 0 Å². The van der Waals surface area contributed by atoms with Crippen LogP contribution in [-0.4, -0.2) is 77.9 Å². The van der Waals surface area contributed by atoms with Gasteiger partial charge >= 0.3 is 0 Å². The summed E-state index contributed by atoms with van der Waals surface area (Å²) >= 11 is 0. The Balaban J connectivity index is 0.000000385. The van der Waals surface area contributed by atoms with Crippen molar-refractivity contribution in [1.29, 1.82) is 0 Å². The number of carbonyl (C=O) groups excluding carboxylic acids is 5. The number of likely N-dealkylation sites (tertiary alicyclic amines) is 1. The number of rotatable bonds is 10. The van der Waals surface area contributed by atoms with Crippen molar-refractivity contribution < 1.29 is 28.5 Å². The van der Waals surface area contributed by atoms with E-state index < -0.39 is 6.04 Å². The molecule has 45 heavy (non-hydrogen) atoms. The molecule has 3 aliphatic rings. The van der Waals surface area contributed by atoms with Gasteiger partial charge in [-0.3, -0.25) is 24.0 Å². The van der Waals surface area contributed by atoms with Crippen LogP contribution in [0.5, 0.6) is 0 Å². The predicted octanol–water partition coefficient (Wildman–Crippen LogP) is 3.65. The Morgan fingerprint density at radius 3 is 2.18 bits per heavy atom. The highest BCUT2D eigenvalue weighted by Crippen LogP contribution is 2.28. The number of aryl methyl sites for hydroxylation is 1. The van der Waals surface area contributed by atoms with Gasteiger partial charge in [0.2, 0.25) is 24.1 Å². The molecule has 0 aromatic carbocycles. The van der Waals surface area contributed by atoms with Gasteiger partial charge in [0, 0.05) is 43.7 Å². The summed E-state index contributed by atoms with van der Waals surface area (Å²) in [7, 11) is 0. The van der Waals surface area contributed by atoms with Gasteiger partial charge in [-0.25, -0.2) is 0 Å². The quantitative estimate of drug-likeness (QED) is 0.226. The first-order chi connectivity index (χ1) is 21.5. The maximum Gasteiger partial charge on any atom is 0.274 e. The smallest absolute Gasteiger partial charge is 0.274 e. The molecule has 0 bridgehead atoms. The molecule has 4 N–H and O–H groups in total. The lowest BCUT2D eigenvalue weighted by molar-refractivity contribution is -0.134. The molecule has 1 aromatic heterocycles. The van der Waals surface area contributed by atoms with E-state index >= 15 is 0 Å². The summed E-state index contributed by atoms with van der Waals surface area (Å²) in [6.07, 6.45) is 11.2. The number of nitrogens with zero attached hydrogens (tertiary/aromatic N) is 2. The summed E-state index contributed by atoms with van der Waals surface area (Å²) in [6.45, 7) is 17.1. The number of nitrogens with one attached hydrogen (secondary N) is 4. The fraction of sp³-hybridized carbons (Fsp3) is 0.697. The van der Waals surface area contributed by atoms with Crippen LogP contribution in [0.15, 0.2) is 23.2 Å². The second kappa shape index (κ2) is 21.9. The van der Waals surface area contributed by atoms with Crippen LogP contribution >= 0.6 is 0 Å². The van der Waals surface area contributed by atoms with E-state index in [1.165, 1.54) is 12.5 Å². The van der Waals surface area contributed by atoms with E-state index in [1.807, 2.05) is 39.5 Å². The molecule has 2 aliphatic heterocycles. The third kappa shape index (κ3) is 14.8. The van der Waals surface area contributed by atoms with E-state index in [9.17, 15) is 24.0 Å². The van der Waals surface area contributed by atoms with Crippen LogP contribution in [0.3, 0.4) is 0 Å². The van der Waals surface area contributed by atoms with Crippen LogP contribution < -0.4 is 21.3 Å². The molecule has 1 aromatic rings. The zero-order valence-electron chi connectivity index (χ0n) is 28.2. The molecule has 1 aliphatic carbocycles. The monoisotopic (exact) mass is 632 g/mol. The topological polar surface area (TPSA) is 163 Å². The fourth-order valence-corrected chi connectivity index (χ4v) is 5.50. The summed E-state index contributed by atoms with van der Waals surface area (Å²) in [5.74, 6) is 0.680. The molecule has 0 spiro atoms. The summed E-state index contributed by atoms with van der Waals surface area (Å²) in [4.78, 5) is 58.7. The normalized spacial score (nSPS) is 18.8. The van der Waals surface area contributed by atoms with Crippen molar-refractivity contribution in [1.82, 2.24) is 31.3 Å². The fourth-order valence-electron chi connectivity index (χ4n) is 5.50. The molecule has 12 nitrogen and oxygen atoms in total. The third-order valence-electron chi connectivity index (χ3n) is 7.72. The van der Waals surface area contributed by atoms with Crippen molar-refractivity contribution in [3.05, 3.63) is 30.2 Å². The first kappa shape index (κ1) is 39.3. The molecule has 0 radical (unpaired) electrons. The van der Waals surface area contributed by atoms with Gasteiger partial charge in [-0.2, -0.15) is 0 Å². The van der Waals surface area contributed by atoms with Crippen LogP contribution in [0, 0.1) is 18.8 Å². The van der Waals surface area contributed by atoms with Crippen LogP contribution in [0.1, 0.15) is 109 Å². The van der Waals surface area contributed by atoms with Crippen molar-refractivity contribution in [2.75, 3.05) is 19.6 Å². The van der Waals surface area contributed by atoms with Gasteiger partial charge < -0.3 is 30.7 Å². The highest BCUT2D eigenvalue weighted by atomic mass is 16.5. The molecule has 254 valence electrons. The lowest BCUT2D eigenvalue weighted by Gasteiger charge is -2.32. The average molecular weight is 633 g/mol. The molecular formula is C33H56N6O6. The Hall–Kier alpha value is -3.70. The predicted molar refractivity (Wildman–Crippen MR) is 174 cm³/mol. The number of carbonyl (C=O) groups is 5. The summed E-state index contributed by atoms with van der Waals surface area (Å²) in [5.41, 5.74) is 0.248. The molecule has 4 rings (SSSR count). The summed E-state index contributed by atoms with van der Waals surface area (Å²) < 4.78 is 4.97. The van der Waals surface area contributed by atoms with E-state index in [2.05, 4.69) is 33.0 Å². The minimum atomic E-state index is -0.432. The number of aromatic nitrogens is 1. The Kier molecular flexibility index (Phi) is 19.1. The van der Waals surface area contributed by atoms with Crippen molar-refractivity contribution in [2.24, 2.45) is 11.8 Å². The standard InChI is InChI=1S/C17H25N3O3.C8H14N2O2.C6H11NO.C2H6/c1-12-11-14(19-23-12)16(21)18-15(13-7-3-2-4-8-13)17(22)20-9-5-6-10-20;1-6(10-5-11)4-7-2-3-9-8(7)12;1-4-6(8)7-5(2)3;1-2/h11,13,15H,2-10H2,1H3,(H,18,21);5-7H,2-4H2,1H3,(H,9,12)(H,10,11);4-5H,1H2,2-3H3,(H,7,8);1-2H3. The summed E-state index contributed by atoms with van der Waals surface area (Å²) in [5, 5.41) is 14.7. The van der Waals surface area contributed by atoms with E-state index in [0.717, 1.165) is 71.0 Å². The second-order valence-corrected chi connectivity index (χ2v) is 11.8. The van der Waals surface area contributed by atoms with Crippen molar-refractivity contribution >= 4 is 30.0 Å². The van der Waals surface area contributed by atoms with Crippen molar-refractivity contribution in [2.45, 2.75) is 117 Å². The number of amides is 5. The van der Waals surface area contributed by atoms with Crippen LogP contribution in [0.2, 0.25) is 0 Å². The van der Waals surface area contributed by atoms with E-state index in [4.69, 9.17) is 4.52 Å². The SMILES string of the molecule is C=CC(=O)NC(C)C.CC.CC(CC1CCNC1=O)NC=O.Cc1cc(C(=O)NC(C(=O)N2CCCC2)C2CCCCC2)no1. The van der Waals surface area contributed by atoms with E-state index in [-0.39, 0.29) is 53.2 Å². The highest BCUT2D eigenvalue weighted by Gasteiger charge is 2.35. The number of hydrogen-bond donors (Lipinski definition) is 4. The van der Waals surface area contributed by atoms with Crippen LogP contribution in [0.4, 0.5) is 0 Å². The molecule has 5 amide bonds.